The molecule has 106 valence electrons. The number of rotatable bonds is 2. The van der Waals surface area contributed by atoms with Gasteiger partial charge in [-0.05, 0) is 26.2 Å². The van der Waals surface area contributed by atoms with Crippen molar-refractivity contribution in [1.29, 1.82) is 0 Å². The van der Waals surface area contributed by atoms with Gasteiger partial charge in [0.1, 0.15) is 5.54 Å². The van der Waals surface area contributed by atoms with E-state index < -0.39 is 17.4 Å². The summed E-state index contributed by atoms with van der Waals surface area (Å²) < 4.78 is 10.3. The molecule has 1 unspecified atom stereocenters. The van der Waals surface area contributed by atoms with Crippen LogP contribution in [-0.4, -0.2) is 33.6 Å². The smallest absolute Gasteiger partial charge is 0.413 e. The zero-order valence-corrected chi connectivity index (χ0v) is 11.5. The predicted molar refractivity (Wildman–Crippen MR) is 67.2 cm³/mol. The number of ether oxygens (including phenoxy) is 1. The van der Waals surface area contributed by atoms with Crippen molar-refractivity contribution in [3.8, 4) is 0 Å². The van der Waals surface area contributed by atoms with Crippen molar-refractivity contribution in [2.24, 2.45) is 0 Å². The lowest BCUT2D eigenvalue weighted by Gasteiger charge is -2.42. The van der Waals surface area contributed by atoms with Gasteiger partial charge in [0.25, 0.3) is 0 Å². The highest BCUT2D eigenvalue weighted by molar-refractivity contribution is 5.69. The Kier molecular flexibility index (Phi) is 3.54. The highest BCUT2D eigenvalue weighted by atomic mass is 16.7. The molecule has 6 nitrogen and oxygen atoms in total. The van der Waals surface area contributed by atoms with Gasteiger partial charge in [0.15, 0.2) is 5.76 Å². The molecule has 0 saturated carbocycles. The van der Waals surface area contributed by atoms with Crippen molar-refractivity contribution in [3.05, 3.63) is 18.0 Å². The fourth-order valence-corrected chi connectivity index (χ4v) is 2.43. The minimum absolute atomic E-state index is 0.536. The Balaban J connectivity index is 2.23. The molecule has 0 spiro atoms. The van der Waals surface area contributed by atoms with Crippen LogP contribution < -0.4 is 0 Å². The van der Waals surface area contributed by atoms with Crippen LogP contribution in [-0.2, 0) is 10.3 Å². The van der Waals surface area contributed by atoms with Crippen molar-refractivity contribution in [1.82, 2.24) is 10.1 Å². The third-order valence-electron chi connectivity index (χ3n) is 3.42. The first kappa shape index (κ1) is 13.9. The summed E-state index contributed by atoms with van der Waals surface area (Å²) in [6.45, 7) is 5.37. The summed E-state index contributed by atoms with van der Waals surface area (Å²) in [5.41, 5.74) is -0.572. The van der Waals surface area contributed by atoms with Gasteiger partial charge >= 0.3 is 6.09 Å². The molecule has 1 atom stereocenters. The second kappa shape index (κ2) is 4.85. The Labute approximate surface area is 112 Å². The van der Waals surface area contributed by atoms with E-state index in [4.69, 9.17) is 9.26 Å². The van der Waals surface area contributed by atoms with Crippen molar-refractivity contribution in [2.45, 2.75) is 51.4 Å². The molecule has 1 aromatic rings. The summed E-state index contributed by atoms with van der Waals surface area (Å²) in [6.07, 6.45) is 3.72. The van der Waals surface area contributed by atoms with Gasteiger partial charge in [0.05, 0.1) is 6.20 Å². The van der Waals surface area contributed by atoms with Gasteiger partial charge in [-0.3, -0.25) is 4.90 Å². The number of likely N-dealkylation sites (tertiary alicyclic amines) is 1. The number of aliphatic hydroxyl groups is 1. The second-order valence-electron chi connectivity index (χ2n) is 5.57. The van der Waals surface area contributed by atoms with E-state index in [0.717, 1.165) is 19.3 Å². The third kappa shape index (κ3) is 2.89. The second-order valence-corrected chi connectivity index (χ2v) is 5.57. The van der Waals surface area contributed by atoms with Crippen LogP contribution >= 0.6 is 0 Å². The van der Waals surface area contributed by atoms with Gasteiger partial charge in [-0.2, -0.15) is 0 Å². The molecule has 1 N–H and O–H groups in total. The van der Waals surface area contributed by atoms with Crippen molar-refractivity contribution in [2.75, 3.05) is 6.54 Å². The zero-order chi connectivity index (χ0) is 14.1. The van der Waals surface area contributed by atoms with Crippen molar-refractivity contribution in [3.63, 3.8) is 0 Å². The largest absolute Gasteiger partial charge is 0.418 e. The minimum Gasteiger partial charge on any atom is -0.418 e. The Hall–Kier alpha value is -1.56. The standard InChI is InChI=1S/C13H20N2O4/c1-12(2,17)18-11(16)15-9-5-4-7-13(15,3)10-6-8-14-19-10/h6,8,17H,4-5,7,9H2,1-3H3. The maximum atomic E-state index is 12.2. The molecule has 0 aromatic carbocycles. The molecular weight excluding hydrogens is 248 g/mol. The Morgan fingerprint density at radius 2 is 2.32 bits per heavy atom. The van der Waals surface area contributed by atoms with Crippen LogP contribution in [0.4, 0.5) is 4.79 Å². The van der Waals surface area contributed by atoms with Crippen LogP contribution in [0.5, 0.6) is 0 Å². The first-order valence-electron chi connectivity index (χ1n) is 6.47. The molecule has 2 heterocycles. The van der Waals surface area contributed by atoms with Crippen LogP contribution in [0.3, 0.4) is 0 Å². The molecule has 19 heavy (non-hydrogen) atoms. The number of amides is 1. The van der Waals surface area contributed by atoms with Crippen LogP contribution in [0.15, 0.2) is 16.8 Å². The van der Waals surface area contributed by atoms with E-state index in [9.17, 15) is 9.90 Å². The minimum atomic E-state index is -1.49. The summed E-state index contributed by atoms with van der Waals surface area (Å²) in [7, 11) is 0. The number of nitrogens with zero attached hydrogens (tertiary/aromatic N) is 2. The molecule has 1 fully saturated rings. The van der Waals surface area contributed by atoms with E-state index in [2.05, 4.69) is 5.16 Å². The molecule has 1 aliphatic heterocycles. The fraction of sp³-hybridized carbons (Fsp3) is 0.692. The fourth-order valence-electron chi connectivity index (χ4n) is 2.43. The summed E-state index contributed by atoms with van der Waals surface area (Å²) in [5, 5.41) is 13.3. The Bertz CT molecular complexity index is 438. The van der Waals surface area contributed by atoms with E-state index in [1.807, 2.05) is 6.92 Å². The van der Waals surface area contributed by atoms with Crippen LogP contribution in [0.25, 0.3) is 0 Å². The third-order valence-corrected chi connectivity index (χ3v) is 3.42. The van der Waals surface area contributed by atoms with Gasteiger partial charge in [-0.25, -0.2) is 4.79 Å². The lowest BCUT2D eigenvalue weighted by atomic mass is 9.86. The predicted octanol–water partition coefficient (Wildman–Crippen LogP) is 2.24. The molecule has 1 amide bonds. The highest BCUT2D eigenvalue weighted by Crippen LogP contribution is 2.37. The molecule has 6 heteroatoms. The topological polar surface area (TPSA) is 75.8 Å². The quantitative estimate of drug-likeness (QED) is 0.832. The summed E-state index contributed by atoms with van der Waals surface area (Å²) in [5.74, 6) is -0.850. The Morgan fingerprint density at radius 3 is 2.89 bits per heavy atom. The van der Waals surface area contributed by atoms with Gasteiger partial charge in [-0.15, -0.1) is 0 Å². The van der Waals surface area contributed by atoms with E-state index >= 15 is 0 Å². The number of aromatic nitrogens is 1. The van der Waals surface area contributed by atoms with Crippen molar-refractivity contribution >= 4 is 6.09 Å². The normalized spacial score (nSPS) is 24.3. The number of piperidine rings is 1. The molecule has 1 aliphatic rings. The average molecular weight is 268 g/mol. The first-order chi connectivity index (χ1) is 8.83. The molecule has 0 radical (unpaired) electrons. The summed E-state index contributed by atoms with van der Waals surface area (Å²) in [4.78, 5) is 13.8. The van der Waals surface area contributed by atoms with Gasteiger partial charge in [0.2, 0.25) is 5.79 Å². The zero-order valence-electron chi connectivity index (χ0n) is 11.5. The molecular formula is C13H20N2O4. The SMILES string of the molecule is CC(C)(O)OC(=O)N1CCCCC1(C)c1ccno1. The maximum absolute atomic E-state index is 12.2. The van der Waals surface area contributed by atoms with Gasteiger partial charge in [0, 0.05) is 26.5 Å². The lowest BCUT2D eigenvalue weighted by Crippen LogP contribution is -2.52. The van der Waals surface area contributed by atoms with Crippen LogP contribution in [0.1, 0.15) is 45.8 Å². The first-order valence-corrected chi connectivity index (χ1v) is 6.47. The van der Waals surface area contributed by atoms with Gasteiger partial charge < -0.3 is 14.4 Å². The van der Waals surface area contributed by atoms with E-state index in [1.165, 1.54) is 13.8 Å². The summed E-state index contributed by atoms with van der Waals surface area (Å²) in [6, 6.07) is 1.76. The highest BCUT2D eigenvalue weighted by Gasteiger charge is 2.43. The Morgan fingerprint density at radius 1 is 1.58 bits per heavy atom. The monoisotopic (exact) mass is 268 g/mol. The van der Waals surface area contributed by atoms with E-state index in [1.54, 1.807) is 17.2 Å². The number of carbonyl (C=O) groups excluding carboxylic acids is 1. The number of hydrogen-bond acceptors (Lipinski definition) is 5. The number of carbonyl (C=O) groups is 1. The average Bonchev–Trinajstić information content (AvgIpc) is 2.80. The maximum Gasteiger partial charge on any atom is 0.413 e. The number of hydrogen-bond donors (Lipinski definition) is 1. The molecule has 0 bridgehead atoms. The molecule has 2 rings (SSSR count). The van der Waals surface area contributed by atoms with E-state index in [0.29, 0.717) is 12.3 Å². The van der Waals surface area contributed by atoms with Crippen LogP contribution in [0.2, 0.25) is 0 Å². The molecule has 0 aliphatic carbocycles. The molecule has 1 saturated heterocycles. The van der Waals surface area contributed by atoms with E-state index in [-0.39, 0.29) is 0 Å². The van der Waals surface area contributed by atoms with Crippen molar-refractivity contribution < 1.29 is 19.2 Å². The van der Waals surface area contributed by atoms with Crippen LogP contribution in [0, 0.1) is 0 Å². The lowest BCUT2D eigenvalue weighted by molar-refractivity contribution is -0.147. The summed E-state index contributed by atoms with van der Waals surface area (Å²) >= 11 is 0. The van der Waals surface area contributed by atoms with Gasteiger partial charge in [-0.1, -0.05) is 5.16 Å². The molecule has 1 aromatic heterocycles.